The van der Waals surface area contributed by atoms with Crippen molar-refractivity contribution in [1.29, 1.82) is 0 Å². The third-order valence-corrected chi connectivity index (χ3v) is 3.69. The molecule has 0 bridgehead atoms. The molecule has 3 heteroatoms. The highest BCUT2D eigenvalue weighted by atomic mass is 16.1. The molecule has 0 aliphatic rings. The summed E-state index contributed by atoms with van der Waals surface area (Å²) in [7, 11) is 0. The summed E-state index contributed by atoms with van der Waals surface area (Å²) < 4.78 is 0. The number of benzene rings is 1. The van der Waals surface area contributed by atoms with Gasteiger partial charge in [-0.2, -0.15) is 0 Å². The van der Waals surface area contributed by atoms with Crippen molar-refractivity contribution in [3.63, 3.8) is 0 Å². The van der Waals surface area contributed by atoms with E-state index >= 15 is 0 Å². The highest BCUT2D eigenvalue weighted by molar-refractivity contribution is 5.79. The van der Waals surface area contributed by atoms with Gasteiger partial charge in [-0.1, -0.05) is 45.0 Å². The molecule has 0 aromatic heterocycles. The number of hydrogen-bond donors (Lipinski definition) is 2. The molecule has 0 saturated carbocycles. The predicted molar refractivity (Wildman–Crippen MR) is 89.1 cm³/mol. The Balaban J connectivity index is 2.59. The van der Waals surface area contributed by atoms with Crippen LogP contribution in [0.15, 0.2) is 24.3 Å². The number of amides is 1. The number of aryl methyl sites for hydroxylation is 1. The fraction of sp³-hybridized carbons (Fsp3) is 0.611. The Kier molecular flexibility index (Phi) is 6.41. The topological polar surface area (TPSA) is 55.1 Å². The Morgan fingerprint density at radius 2 is 1.90 bits per heavy atom. The first-order valence-electron chi connectivity index (χ1n) is 7.78. The van der Waals surface area contributed by atoms with Crippen LogP contribution >= 0.6 is 0 Å². The quantitative estimate of drug-likeness (QED) is 0.846. The van der Waals surface area contributed by atoms with Gasteiger partial charge in [0.05, 0.1) is 5.92 Å². The lowest BCUT2D eigenvalue weighted by Crippen LogP contribution is -2.42. The van der Waals surface area contributed by atoms with Gasteiger partial charge in [0.25, 0.3) is 0 Å². The van der Waals surface area contributed by atoms with Crippen molar-refractivity contribution in [1.82, 2.24) is 5.32 Å². The standard InChI is InChI=1S/C18H30N2O/c1-13-8-6-7-9-15(13)10-14(2)20-17(21)16(12-19)11-18(3,4)5/h6-9,14,16H,10-12,19H2,1-5H3,(H,20,21). The van der Waals surface area contributed by atoms with Crippen LogP contribution in [0, 0.1) is 18.3 Å². The lowest BCUT2D eigenvalue weighted by atomic mass is 9.84. The molecule has 118 valence electrons. The first-order valence-corrected chi connectivity index (χ1v) is 7.78. The van der Waals surface area contributed by atoms with Crippen molar-refractivity contribution < 1.29 is 4.79 Å². The van der Waals surface area contributed by atoms with E-state index in [0.29, 0.717) is 6.54 Å². The fourth-order valence-electron chi connectivity index (χ4n) is 2.60. The minimum absolute atomic E-state index is 0.0773. The van der Waals surface area contributed by atoms with Crippen molar-refractivity contribution in [2.24, 2.45) is 17.1 Å². The Morgan fingerprint density at radius 1 is 1.29 bits per heavy atom. The third kappa shape index (κ3) is 6.30. The van der Waals surface area contributed by atoms with E-state index in [4.69, 9.17) is 5.73 Å². The summed E-state index contributed by atoms with van der Waals surface area (Å²) in [6.45, 7) is 11.0. The van der Waals surface area contributed by atoms with Crippen molar-refractivity contribution in [2.75, 3.05) is 6.54 Å². The minimum Gasteiger partial charge on any atom is -0.353 e. The van der Waals surface area contributed by atoms with E-state index in [0.717, 1.165) is 12.8 Å². The molecule has 0 saturated heterocycles. The lowest BCUT2D eigenvalue weighted by molar-refractivity contribution is -0.126. The largest absolute Gasteiger partial charge is 0.353 e. The number of hydrogen-bond acceptors (Lipinski definition) is 2. The van der Waals surface area contributed by atoms with Crippen LogP contribution in [0.2, 0.25) is 0 Å². The number of carbonyl (C=O) groups excluding carboxylic acids is 1. The molecule has 0 radical (unpaired) electrons. The first-order chi connectivity index (χ1) is 9.73. The SMILES string of the molecule is Cc1ccccc1CC(C)NC(=O)C(CN)CC(C)(C)C. The third-order valence-electron chi connectivity index (χ3n) is 3.69. The molecule has 1 aromatic rings. The molecule has 0 heterocycles. The zero-order chi connectivity index (χ0) is 16.0. The molecule has 0 spiro atoms. The van der Waals surface area contributed by atoms with Gasteiger partial charge in [-0.25, -0.2) is 0 Å². The fourth-order valence-corrected chi connectivity index (χ4v) is 2.60. The van der Waals surface area contributed by atoms with Crippen molar-refractivity contribution in [2.45, 2.75) is 53.5 Å². The van der Waals surface area contributed by atoms with E-state index in [-0.39, 0.29) is 23.3 Å². The average Bonchev–Trinajstić information content (AvgIpc) is 2.37. The summed E-state index contributed by atoms with van der Waals surface area (Å²) in [6.07, 6.45) is 1.66. The van der Waals surface area contributed by atoms with Crippen molar-refractivity contribution in [3.8, 4) is 0 Å². The molecule has 2 atom stereocenters. The monoisotopic (exact) mass is 290 g/mol. The minimum atomic E-state index is -0.107. The number of carbonyl (C=O) groups is 1. The molecule has 3 N–H and O–H groups in total. The van der Waals surface area contributed by atoms with Crippen LogP contribution < -0.4 is 11.1 Å². The maximum atomic E-state index is 12.3. The second kappa shape index (κ2) is 7.60. The molecular weight excluding hydrogens is 260 g/mol. The van der Waals surface area contributed by atoms with Gasteiger partial charge < -0.3 is 11.1 Å². The number of rotatable bonds is 6. The van der Waals surface area contributed by atoms with Crippen molar-refractivity contribution in [3.05, 3.63) is 35.4 Å². The first kappa shape index (κ1) is 17.7. The van der Waals surface area contributed by atoms with Gasteiger partial charge in [0.15, 0.2) is 0 Å². The maximum absolute atomic E-state index is 12.3. The summed E-state index contributed by atoms with van der Waals surface area (Å²) >= 11 is 0. The van der Waals surface area contributed by atoms with Gasteiger partial charge in [-0.15, -0.1) is 0 Å². The summed E-state index contributed by atoms with van der Waals surface area (Å²) in [5, 5.41) is 3.11. The molecule has 3 nitrogen and oxygen atoms in total. The maximum Gasteiger partial charge on any atom is 0.224 e. The number of nitrogens with one attached hydrogen (secondary N) is 1. The lowest BCUT2D eigenvalue weighted by Gasteiger charge is -2.26. The van der Waals surface area contributed by atoms with E-state index in [1.165, 1.54) is 11.1 Å². The van der Waals surface area contributed by atoms with E-state index in [1.807, 2.05) is 12.1 Å². The molecule has 0 aliphatic carbocycles. The summed E-state index contributed by atoms with van der Waals surface area (Å²) in [5.41, 5.74) is 8.43. The van der Waals surface area contributed by atoms with Crippen LogP contribution in [0.5, 0.6) is 0 Å². The molecule has 1 rings (SSSR count). The van der Waals surface area contributed by atoms with Gasteiger partial charge in [0.2, 0.25) is 5.91 Å². The highest BCUT2D eigenvalue weighted by Gasteiger charge is 2.24. The van der Waals surface area contributed by atoms with Crippen LogP contribution in [-0.4, -0.2) is 18.5 Å². The zero-order valence-corrected chi connectivity index (χ0v) is 14.1. The smallest absolute Gasteiger partial charge is 0.224 e. The van der Waals surface area contributed by atoms with E-state index in [9.17, 15) is 4.79 Å². The van der Waals surface area contributed by atoms with Crippen molar-refractivity contribution >= 4 is 5.91 Å². The van der Waals surface area contributed by atoms with Crippen LogP contribution in [0.1, 0.15) is 45.2 Å². The predicted octanol–water partition coefficient (Wildman–Crippen LogP) is 3.05. The van der Waals surface area contributed by atoms with Crippen LogP contribution in [0.25, 0.3) is 0 Å². The normalized spacial score (nSPS) is 14.6. The van der Waals surface area contributed by atoms with Crippen LogP contribution in [-0.2, 0) is 11.2 Å². The zero-order valence-electron chi connectivity index (χ0n) is 14.1. The Labute approximate surface area is 129 Å². The molecule has 1 aromatic carbocycles. The molecule has 0 fully saturated rings. The molecule has 0 aliphatic heterocycles. The Hall–Kier alpha value is -1.35. The second-order valence-corrected chi connectivity index (χ2v) is 7.24. The average molecular weight is 290 g/mol. The van der Waals surface area contributed by atoms with Gasteiger partial charge in [0, 0.05) is 12.6 Å². The molecule has 1 amide bonds. The number of nitrogens with two attached hydrogens (primary N) is 1. The summed E-state index contributed by atoms with van der Waals surface area (Å²) in [6, 6.07) is 8.42. The van der Waals surface area contributed by atoms with Gasteiger partial charge in [-0.05, 0) is 43.2 Å². The van der Waals surface area contributed by atoms with E-state index < -0.39 is 0 Å². The van der Waals surface area contributed by atoms with Gasteiger partial charge >= 0.3 is 0 Å². The summed E-state index contributed by atoms with van der Waals surface area (Å²) in [5.74, 6) is -0.0298. The highest BCUT2D eigenvalue weighted by Crippen LogP contribution is 2.24. The Bertz CT molecular complexity index is 463. The van der Waals surface area contributed by atoms with Crippen LogP contribution in [0.3, 0.4) is 0 Å². The van der Waals surface area contributed by atoms with Gasteiger partial charge in [0.1, 0.15) is 0 Å². The second-order valence-electron chi connectivity index (χ2n) is 7.24. The van der Waals surface area contributed by atoms with E-state index in [1.54, 1.807) is 0 Å². The van der Waals surface area contributed by atoms with Gasteiger partial charge in [-0.3, -0.25) is 4.79 Å². The van der Waals surface area contributed by atoms with E-state index in [2.05, 4.69) is 52.1 Å². The van der Waals surface area contributed by atoms with Crippen LogP contribution in [0.4, 0.5) is 0 Å². The molecular formula is C18H30N2O. The summed E-state index contributed by atoms with van der Waals surface area (Å²) in [4.78, 5) is 12.3. The molecule has 2 unspecified atom stereocenters. The Morgan fingerprint density at radius 3 is 2.43 bits per heavy atom. The molecule has 21 heavy (non-hydrogen) atoms.